The Morgan fingerprint density at radius 2 is 2.09 bits per heavy atom. The number of allylic oxidation sites excluding steroid dienone is 2. The molecule has 5 aliphatic rings. The Kier molecular flexibility index (Phi) is 4.76. The van der Waals surface area contributed by atoms with E-state index in [1.165, 1.54) is 12.5 Å². The van der Waals surface area contributed by atoms with Crippen LogP contribution in [0.15, 0.2) is 16.6 Å². The van der Waals surface area contributed by atoms with Crippen molar-refractivity contribution in [1.82, 2.24) is 0 Å². The number of carbonyl (C=O) groups excluding carboxylic acids is 3. The van der Waals surface area contributed by atoms with Crippen molar-refractivity contribution in [3.05, 3.63) is 11.6 Å². The van der Waals surface area contributed by atoms with Crippen molar-refractivity contribution in [2.45, 2.75) is 84.0 Å². The second kappa shape index (κ2) is 6.99. The lowest BCUT2D eigenvalue weighted by atomic mass is 9.45. The number of aliphatic imine (C=N–C) groups is 1. The molecule has 3 fully saturated rings. The number of esters is 1. The Labute approximate surface area is 188 Å². The van der Waals surface area contributed by atoms with Gasteiger partial charge in [-0.2, -0.15) is 0 Å². The van der Waals surface area contributed by atoms with Crippen molar-refractivity contribution >= 4 is 23.4 Å². The first-order valence-corrected chi connectivity index (χ1v) is 11.8. The van der Waals surface area contributed by atoms with Gasteiger partial charge in [-0.15, -0.1) is 0 Å². The van der Waals surface area contributed by atoms with Gasteiger partial charge >= 0.3 is 5.97 Å². The number of ether oxygens (including phenoxy) is 2. The van der Waals surface area contributed by atoms with Crippen LogP contribution in [0.1, 0.15) is 66.2 Å². The molecule has 0 bridgehead atoms. The fourth-order valence-electron chi connectivity index (χ4n) is 8.25. The first-order chi connectivity index (χ1) is 15.0. The molecule has 1 N–H and O–H groups in total. The summed E-state index contributed by atoms with van der Waals surface area (Å²) < 4.78 is 11.2. The zero-order chi connectivity index (χ0) is 23.1. The van der Waals surface area contributed by atoms with Crippen LogP contribution in [0.2, 0.25) is 0 Å². The van der Waals surface area contributed by atoms with Crippen LogP contribution in [0.25, 0.3) is 0 Å². The predicted octanol–water partition coefficient (Wildman–Crippen LogP) is 2.79. The SMILES string of the molecule is CC(=O)OCC(=O)[C@@]12N=C(C)O[C@@H]1C[C@H]1[C@@H]3CC=C4CC(=O)CC[C@]4(C)[C@H]3[C@@H](O)C[C@@]12C. The highest BCUT2D eigenvalue weighted by molar-refractivity contribution is 5.97. The van der Waals surface area contributed by atoms with E-state index in [-0.39, 0.29) is 41.3 Å². The summed E-state index contributed by atoms with van der Waals surface area (Å²) in [5.74, 6) is 0.404. The maximum absolute atomic E-state index is 13.6. The molecule has 0 unspecified atom stereocenters. The van der Waals surface area contributed by atoms with E-state index in [4.69, 9.17) is 14.5 Å². The van der Waals surface area contributed by atoms with Gasteiger partial charge in [0, 0.05) is 32.1 Å². The summed E-state index contributed by atoms with van der Waals surface area (Å²) in [5, 5.41) is 11.6. The zero-order valence-corrected chi connectivity index (χ0v) is 19.3. The number of hydrogen-bond donors (Lipinski definition) is 1. The van der Waals surface area contributed by atoms with E-state index in [0.717, 1.165) is 12.8 Å². The van der Waals surface area contributed by atoms with Crippen LogP contribution in [0.4, 0.5) is 0 Å². The Morgan fingerprint density at radius 1 is 1.34 bits per heavy atom. The van der Waals surface area contributed by atoms with E-state index in [2.05, 4.69) is 19.9 Å². The Morgan fingerprint density at radius 3 is 2.81 bits per heavy atom. The molecule has 1 aliphatic heterocycles. The van der Waals surface area contributed by atoms with Gasteiger partial charge in [0.05, 0.1) is 6.10 Å². The van der Waals surface area contributed by atoms with E-state index in [1.807, 2.05) is 0 Å². The summed E-state index contributed by atoms with van der Waals surface area (Å²) in [6.45, 7) is 7.00. The van der Waals surface area contributed by atoms with Crippen LogP contribution < -0.4 is 0 Å². The largest absolute Gasteiger partial charge is 0.475 e. The molecule has 8 atom stereocenters. The van der Waals surface area contributed by atoms with Gasteiger partial charge < -0.3 is 14.6 Å². The fourth-order valence-corrected chi connectivity index (χ4v) is 8.25. The van der Waals surface area contributed by atoms with E-state index < -0.39 is 29.1 Å². The molecule has 0 aromatic carbocycles. The summed E-state index contributed by atoms with van der Waals surface area (Å²) in [4.78, 5) is 41.9. The number of aliphatic hydroxyl groups is 1. The molecular formula is C25H33NO6. The van der Waals surface area contributed by atoms with Crippen LogP contribution in [-0.4, -0.2) is 52.9 Å². The topological polar surface area (TPSA) is 102 Å². The summed E-state index contributed by atoms with van der Waals surface area (Å²) in [6.07, 6.45) is 4.98. The average Bonchev–Trinajstić information content (AvgIpc) is 3.17. The normalized spacial score (nSPS) is 46.7. The Balaban J connectivity index is 1.55. The third-order valence-corrected chi connectivity index (χ3v) is 9.54. The lowest BCUT2D eigenvalue weighted by Crippen LogP contribution is -2.62. The lowest BCUT2D eigenvalue weighted by molar-refractivity contribution is -0.156. The fraction of sp³-hybridized carbons (Fsp3) is 0.760. The Bertz CT molecular complexity index is 954. The standard InChI is InChI=1S/C25H33NO6/c1-13-26-25(20(30)12-31-14(2)27)21(32-13)10-18-17-6-5-15-9-16(28)7-8-23(15,3)22(17)19(29)11-24(18,25)4/h5,17-19,21-22,29H,6-12H2,1-4H3/t17-,18-,19-,21+,22+,23-,24-,25+/m0/s1. The van der Waals surface area contributed by atoms with Crippen molar-refractivity contribution in [1.29, 1.82) is 0 Å². The van der Waals surface area contributed by atoms with Gasteiger partial charge in [0.2, 0.25) is 5.78 Å². The smallest absolute Gasteiger partial charge is 0.303 e. The second-order valence-corrected chi connectivity index (χ2v) is 11.0. The first-order valence-electron chi connectivity index (χ1n) is 11.8. The maximum Gasteiger partial charge on any atom is 0.303 e. The van der Waals surface area contributed by atoms with Gasteiger partial charge in [-0.3, -0.25) is 14.4 Å². The molecule has 1 heterocycles. The predicted molar refractivity (Wildman–Crippen MR) is 116 cm³/mol. The van der Waals surface area contributed by atoms with Crippen molar-refractivity contribution in [2.75, 3.05) is 6.61 Å². The number of ketones is 2. The minimum atomic E-state index is -1.14. The lowest BCUT2D eigenvalue weighted by Gasteiger charge is -2.59. The number of Topliss-reactive ketones (excluding diaryl/α,β-unsaturated/α-hetero) is 2. The molecule has 0 amide bonds. The third kappa shape index (κ3) is 2.69. The van der Waals surface area contributed by atoms with Crippen molar-refractivity contribution in [3.8, 4) is 0 Å². The van der Waals surface area contributed by atoms with Crippen LogP contribution in [0.3, 0.4) is 0 Å². The molecule has 0 radical (unpaired) electrons. The summed E-state index contributed by atoms with van der Waals surface area (Å²) in [6, 6.07) is 0. The number of rotatable bonds is 3. The molecule has 5 rings (SSSR count). The van der Waals surface area contributed by atoms with Gasteiger partial charge in [-0.05, 0) is 48.9 Å². The van der Waals surface area contributed by atoms with Crippen molar-refractivity contribution < 1.29 is 29.0 Å². The van der Waals surface area contributed by atoms with Crippen molar-refractivity contribution in [2.24, 2.45) is 33.6 Å². The monoisotopic (exact) mass is 443 g/mol. The van der Waals surface area contributed by atoms with E-state index in [0.29, 0.717) is 31.6 Å². The molecule has 4 aliphatic carbocycles. The van der Waals surface area contributed by atoms with Crippen LogP contribution in [-0.2, 0) is 23.9 Å². The molecule has 0 saturated heterocycles. The van der Waals surface area contributed by atoms with Crippen molar-refractivity contribution in [3.63, 3.8) is 0 Å². The Hall–Kier alpha value is -2.02. The molecule has 0 spiro atoms. The minimum absolute atomic E-state index is 0.0539. The highest BCUT2D eigenvalue weighted by Gasteiger charge is 2.74. The first kappa shape index (κ1) is 21.8. The molecule has 0 aromatic rings. The number of hydrogen-bond acceptors (Lipinski definition) is 7. The molecule has 3 saturated carbocycles. The molecule has 7 heteroatoms. The highest BCUT2D eigenvalue weighted by atomic mass is 16.5. The molecule has 7 nitrogen and oxygen atoms in total. The van der Waals surface area contributed by atoms with Crippen LogP contribution in [0.5, 0.6) is 0 Å². The molecule has 0 aromatic heterocycles. The summed E-state index contributed by atoms with van der Waals surface area (Å²) in [5.41, 5.74) is -0.748. The second-order valence-electron chi connectivity index (χ2n) is 11.0. The summed E-state index contributed by atoms with van der Waals surface area (Å²) in [7, 11) is 0. The van der Waals surface area contributed by atoms with E-state index in [1.54, 1.807) is 6.92 Å². The van der Waals surface area contributed by atoms with E-state index >= 15 is 0 Å². The molecule has 32 heavy (non-hydrogen) atoms. The van der Waals surface area contributed by atoms with Crippen LogP contribution in [0, 0.1) is 28.6 Å². The minimum Gasteiger partial charge on any atom is -0.475 e. The third-order valence-electron chi connectivity index (χ3n) is 9.54. The molecular weight excluding hydrogens is 410 g/mol. The average molecular weight is 444 g/mol. The number of aliphatic hydroxyl groups excluding tert-OH is 1. The highest BCUT2D eigenvalue weighted by Crippen LogP contribution is 2.69. The molecule has 174 valence electrons. The van der Waals surface area contributed by atoms with Gasteiger partial charge in [-0.25, -0.2) is 4.99 Å². The maximum atomic E-state index is 13.6. The van der Waals surface area contributed by atoms with Crippen LogP contribution >= 0.6 is 0 Å². The number of carbonyl (C=O) groups is 3. The van der Waals surface area contributed by atoms with Gasteiger partial charge in [0.1, 0.15) is 11.9 Å². The van der Waals surface area contributed by atoms with Gasteiger partial charge in [0.15, 0.2) is 18.0 Å². The zero-order valence-electron chi connectivity index (χ0n) is 19.3. The van der Waals surface area contributed by atoms with Gasteiger partial charge in [-0.1, -0.05) is 25.5 Å². The number of nitrogens with zero attached hydrogens (tertiary/aromatic N) is 1. The van der Waals surface area contributed by atoms with E-state index in [9.17, 15) is 19.5 Å². The number of fused-ring (bicyclic) bond motifs is 7. The van der Waals surface area contributed by atoms with Gasteiger partial charge in [0.25, 0.3) is 0 Å². The quantitative estimate of drug-likeness (QED) is 0.532. The summed E-state index contributed by atoms with van der Waals surface area (Å²) >= 11 is 0.